The Kier molecular flexibility index (Phi) is 7.65. The lowest BCUT2D eigenvalue weighted by molar-refractivity contribution is -0.870. The van der Waals surface area contributed by atoms with Gasteiger partial charge in [0, 0.05) is 12.2 Å². The zero-order chi connectivity index (χ0) is 14.2. The van der Waals surface area contributed by atoms with Gasteiger partial charge < -0.3 is 24.5 Å². The largest absolute Gasteiger partial charge is 0.550 e. The molecular weight excluding hydrogens is 254 g/mol. The van der Waals surface area contributed by atoms with Gasteiger partial charge in [-0.1, -0.05) is 0 Å². The molecular formula is C11H21N3O3S. The Labute approximate surface area is 113 Å². The van der Waals surface area contributed by atoms with Crippen LogP contribution in [-0.2, 0) is 11.2 Å². The molecule has 1 heterocycles. The van der Waals surface area contributed by atoms with Crippen LogP contribution < -0.4 is 5.11 Å². The lowest BCUT2D eigenvalue weighted by Gasteiger charge is -2.21. The zero-order valence-electron chi connectivity index (χ0n) is 11.0. The molecule has 0 bridgehead atoms. The summed E-state index contributed by atoms with van der Waals surface area (Å²) in [6.07, 6.45) is 2.02. The predicted molar refractivity (Wildman–Crippen MR) is 69.2 cm³/mol. The molecule has 0 atom stereocenters. The van der Waals surface area contributed by atoms with Crippen LogP contribution in [0.15, 0.2) is 11.4 Å². The number of carbonyl (C=O) groups excluding carboxylic acids is 1. The molecule has 104 valence electrons. The first-order chi connectivity index (χ1) is 8.24. The van der Waals surface area contributed by atoms with Gasteiger partial charge in [-0.25, -0.2) is 4.98 Å². The number of nitrogens with one attached hydrogen (secondary N) is 1. The second kappa shape index (κ2) is 8.12. The Morgan fingerprint density at radius 2 is 2.17 bits per heavy atom. The van der Waals surface area contributed by atoms with Crippen molar-refractivity contribution in [2.24, 2.45) is 0 Å². The van der Waals surface area contributed by atoms with Gasteiger partial charge in [-0.3, -0.25) is 0 Å². The zero-order valence-corrected chi connectivity index (χ0v) is 11.9. The minimum Gasteiger partial charge on any atom is -0.550 e. The fourth-order valence-electron chi connectivity index (χ4n) is 1.01. The van der Waals surface area contributed by atoms with E-state index in [1.165, 1.54) is 0 Å². The molecule has 0 aliphatic heterocycles. The van der Waals surface area contributed by atoms with Crippen LogP contribution in [0.4, 0.5) is 0 Å². The number of imidazole rings is 1. The first kappa shape index (κ1) is 16.9. The number of carbonyl (C=O) groups is 1. The SMILES string of the molecule is C[N+](C)(C)CCO.O=C([O-])CCc1c[nH]c(S)n1. The first-order valence-corrected chi connectivity index (χ1v) is 6.03. The minimum atomic E-state index is -1.06. The van der Waals surface area contributed by atoms with Crippen molar-refractivity contribution in [2.75, 3.05) is 34.3 Å². The maximum Gasteiger partial charge on any atom is 0.162 e. The number of aromatic nitrogens is 2. The highest BCUT2D eigenvalue weighted by atomic mass is 32.1. The summed E-state index contributed by atoms with van der Waals surface area (Å²) < 4.78 is 0.844. The van der Waals surface area contributed by atoms with Gasteiger partial charge in [0.25, 0.3) is 0 Å². The van der Waals surface area contributed by atoms with E-state index in [1.54, 1.807) is 6.20 Å². The number of aliphatic carboxylic acids is 1. The molecule has 0 aromatic carbocycles. The number of carboxylic acids is 1. The van der Waals surface area contributed by atoms with E-state index in [9.17, 15) is 9.90 Å². The van der Waals surface area contributed by atoms with Crippen molar-refractivity contribution in [1.29, 1.82) is 0 Å². The van der Waals surface area contributed by atoms with Crippen molar-refractivity contribution in [3.8, 4) is 0 Å². The molecule has 7 heteroatoms. The molecule has 2 N–H and O–H groups in total. The van der Waals surface area contributed by atoms with Crippen molar-refractivity contribution in [3.63, 3.8) is 0 Å². The number of likely N-dealkylation sites (N-methyl/N-ethyl adjacent to an activating group) is 1. The third-order valence-corrected chi connectivity index (χ3v) is 2.20. The van der Waals surface area contributed by atoms with Crippen LogP contribution in [0.2, 0.25) is 0 Å². The number of aliphatic hydroxyl groups excluding tert-OH is 1. The molecule has 1 aromatic heterocycles. The molecule has 0 saturated heterocycles. The highest BCUT2D eigenvalue weighted by Crippen LogP contribution is 2.02. The Morgan fingerprint density at radius 3 is 2.44 bits per heavy atom. The lowest BCUT2D eigenvalue weighted by Crippen LogP contribution is -2.36. The molecule has 1 rings (SSSR count). The number of rotatable bonds is 5. The summed E-state index contributed by atoms with van der Waals surface area (Å²) in [5, 5.41) is 18.9. The van der Waals surface area contributed by atoms with Gasteiger partial charge in [0.05, 0.1) is 33.4 Å². The van der Waals surface area contributed by atoms with Gasteiger partial charge in [-0.15, -0.1) is 12.6 Å². The van der Waals surface area contributed by atoms with Gasteiger partial charge in [0.15, 0.2) is 5.16 Å². The maximum absolute atomic E-state index is 10.0. The fraction of sp³-hybridized carbons (Fsp3) is 0.636. The van der Waals surface area contributed by atoms with Crippen molar-refractivity contribution < 1.29 is 19.5 Å². The smallest absolute Gasteiger partial charge is 0.162 e. The summed E-state index contributed by atoms with van der Waals surface area (Å²) in [7, 11) is 6.16. The number of quaternary nitrogens is 1. The number of thiol groups is 1. The van der Waals surface area contributed by atoms with Gasteiger partial charge >= 0.3 is 0 Å². The quantitative estimate of drug-likeness (QED) is 0.478. The number of hydrogen-bond acceptors (Lipinski definition) is 5. The predicted octanol–water partition coefficient (Wildman–Crippen LogP) is -0.934. The second-order valence-electron chi connectivity index (χ2n) is 4.82. The number of aromatic amines is 1. The van der Waals surface area contributed by atoms with E-state index in [2.05, 4.69) is 43.7 Å². The van der Waals surface area contributed by atoms with E-state index in [0.717, 1.165) is 11.0 Å². The molecule has 0 amide bonds. The Balaban J connectivity index is 0.000000360. The van der Waals surface area contributed by atoms with Crippen LogP contribution in [0.5, 0.6) is 0 Å². The number of hydrogen-bond donors (Lipinski definition) is 3. The molecule has 1 aromatic rings. The highest BCUT2D eigenvalue weighted by molar-refractivity contribution is 7.80. The topological polar surface area (TPSA) is 89.0 Å². The molecule has 0 unspecified atom stereocenters. The number of aliphatic hydroxyl groups is 1. The monoisotopic (exact) mass is 275 g/mol. The van der Waals surface area contributed by atoms with Gasteiger partial charge in [0.2, 0.25) is 0 Å². The molecule has 0 spiro atoms. The standard InChI is InChI=1S/C6H8N2O2S.C5H14NO/c9-5(10)2-1-4-3-7-6(11)8-4;1-6(2,3)4-5-7/h3H,1-2H2,(H,9,10)(H2,7,8,11);7H,4-5H2,1-3H3/q;+1/p-1. The third-order valence-electron chi connectivity index (χ3n) is 1.97. The molecule has 0 fully saturated rings. The number of nitrogens with zero attached hydrogens (tertiary/aromatic N) is 2. The van der Waals surface area contributed by atoms with E-state index in [0.29, 0.717) is 17.3 Å². The van der Waals surface area contributed by atoms with Crippen LogP contribution in [0.1, 0.15) is 12.1 Å². The molecule has 18 heavy (non-hydrogen) atoms. The van der Waals surface area contributed by atoms with E-state index < -0.39 is 5.97 Å². The molecule has 6 nitrogen and oxygen atoms in total. The van der Waals surface area contributed by atoms with Gasteiger partial charge in [-0.2, -0.15) is 0 Å². The van der Waals surface area contributed by atoms with Crippen LogP contribution in [0.25, 0.3) is 0 Å². The van der Waals surface area contributed by atoms with E-state index >= 15 is 0 Å². The van der Waals surface area contributed by atoms with Crippen molar-refractivity contribution in [2.45, 2.75) is 18.0 Å². The summed E-state index contributed by atoms with van der Waals surface area (Å²) >= 11 is 3.92. The van der Waals surface area contributed by atoms with E-state index in [1.807, 2.05) is 0 Å². The van der Waals surface area contributed by atoms with Gasteiger partial charge in [0.1, 0.15) is 6.54 Å². The molecule has 0 radical (unpaired) electrons. The second-order valence-corrected chi connectivity index (χ2v) is 5.25. The Hall–Kier alpha value is -1.05. The first-order valence-electron chi connectivity index (χ1n) is 5.59. The maximum atomic E-state index is 10.0. The average molecular weight is 275 g/mol. The summed E-state index contributed by atoms with van der Waals surface area (Å²) in [5.41, 5.74) is 0.694. The molecule has 0 saturated carbocycles. The lowest BCUT2D eigenvalue weighted by atomic mass is 10.2. The Morgan fingerprint density at radius 1 is 1.56 bits per heavy atom. The van der Waals surface area contributed by atoms with E-state index in [-0.39, 0.29) is 13.0 Å². The average Bonchev–Trinajstić information content (AvgIpc) is 2.60. The van der Waals surface area contributed by atoms with Gasteiger partial charge in [-0.05, 0) is 12.8 Å². The summed E-state index contributed by atoms with van der Waals surface area (Å²) in [6, 6.07) is 0. The van der Waals surface area contributed by atoms with Crippen LogP contribution in [-0.4, -0.2) is 59.8 Å². The minimum absolute atomic E-state index is 0.00191. The molecule has 0 aliphatic carbocycles. The highest BCUT2D eigenvalue weighted by Gasteiger charge is 2.02. The van der Waals surface area contributed by atoms with Crippen LogP contribution in [0, 0.1) is 0 Å². The van der Waals surface area contributed by atoms with Crippen molar-refractivity contribution >= 4 is 18.6 Å². The third kappa shape index (κ3) is 10.1. The molecule has 0 aliphatic rings. The normalized spacial score (nSPS) is 10.7. The number of aryl methyl sites for hydroxylation is 1. The fourth-order valence-corrected chi connectivity index (χ4v) is 1.20. The van der Waals surface area contributed by atoms with E-state index in [4.69, 9.17) is 5.11 Å². The van der Waals surface area contributed by atoms with Crippen molar-refractivity contribution in [3.05, 3.63) is 11.9 Å². The number of H-pyrrole nitrogens is 1. The van der Waals surface area contributed by atoms with Crippen LogP contribution in [0.3, 0.4) is 0 Å². The summed E-state index contributed by atoms with van der Waals surface area (Å²) in [5.74, 6) is -1.06. The number of carboxylic acid groups (broad SMARTS) is 1. The van der Waals surface area contributed by atoms with Crippen molar-refractivity contribution in [1.82, 2.24) is 9.97 Å². The Bertz CT molecular complexity index is 361. The summed E-state index contributed by atoms with van der Waals surface area (Å²) in [6.45, 7) is 1.11. The summed E-state index contributed by atoms with van der Waals surface area (Å²) in [4.78, 5) is 16.6. The van der Waals surface area contributed by atoms with Crippen LogP contribution >= 0.6 is 12.6 Å².